The quantitative estimate of drug-likeness (QED) is 0.843. The van der Waals surface area contributed by atoms with E-state index in [9.17, 15) is 9.90 Å². The van der Waals surface area contributed by atoms with E-state index in [1.807, 2.05) is 57.0 Å². The fourth-order valence-electron chi connectivity index (χ4n) is 2.32. The van der Waals surface area contributed by atoms with Crippen molar-refractivity contribution in [3.05, 3.63) is 29.3 Å². The first-order valence-corrected chi connectivity index (χ1v) is 7.75. The molecule has 1 aromatic rings. The van der Waals surface area contributed by atoms with Gasteiger partial charge in [0.25, 0.3) is 5.91 Å². The molecule has 0 unspecified atom stereocenters. The summed E-state index contributed by atoms with van der Waals surface area (Å²) >= 11 is 1.54. The molecule has 0 aromatic heterocycles. The number of rotatable bonds is 5. The summed E-state index contributed by atoms with van der Waals surface area (Å²) in [6.45, 7) is 7.94. The van der Waals surface area contributed by atoms with E-state index in [4.69, 9.17) is 0 Å². The lowest BCUT2D eigenvalue weighted by Gasteiger charge is -2.32. The fraction of sp³-hybridized carbons (Fsp3) is 0.533. The van der Waals surface area contributed by atoms with Gasteiger partial charge in [-0.25, -0.2) is 0 Å². The number of carbonyl (C=O) groups is 1. The molecular weight excluding hydrogens is 258 g/mol. The van der Waals surface area contributed by atoms with Crippen molar-refractivity contribution in [1.29, 1.82) is 0 Å². The maximum atomic E-state index is 12.8. The van der Waals surface area contributed by atoms with E-state index >= 15 is 0 Å². The van der Waals surface area contributed by atoms with Crippen LogP contribution in [-0.4, -0.2) is 34.3 Å². The number of hydrogen-bond acceptors (Lipinski definition) is 3. The Bertz CT molecular complexity index is 414. The maximum Gasteiger partial charge on any atom is 0.255 e. The van der Waals surface area contributed by atoms with E-state index in [1.54, 1.807) is 0 Å². The topological polar surface area (TPSA) is 40.5 Å². The second-order valence-corrected chi connectivity index (χ2v) is 5.90. The van der Waals surface area contributed by atoms with Gasteiger partial charge >= 0.3 is 0 Å². The zero-order valence-electron chi connectivity index (χ0n) is 12.3. The molecule has 0 aliphatic rings. The molecule has 1 rings (SSSR count). The Morgan fingerprint density at radius 3 is 2.26 bits per heavy atom. The lowest BCUT2D eigenvalue weighted by Crippen LogP contribution is -2.42. The summed E-state index contributed by atoms with van der Waals surface area (Å²) in [6.07, 6.45) is 1.95. The number of carbonyl (C=O) groups excluding carboxylic acids is 1. The molecule has 0 spiro atoms. The van der Waals surface area contributed by atoms with Gasteiger partial charge in [0.15, 0.2) is 0 Å². The predicted octanol–water partition coefficient (Wildman–Crippen LogP) is 3.16. The number of aliphatic hydroxyl groups is 1. The van der Waals surface area contributed by atoms with Gasteiger partial charge in [-0.2, -0.15) is 0 Å². The molecule has 0 saturated heterocycles. The molecule has 0 saturated carbocycles. The molecule has 1 aromatic carbocycles. The van der Waals surface area contributed by atoms with Gasteiger partial charge < -0.3 is 10.0 Å². The minimum absolute atomic E-state index is 0.000926. The maximum absolute atomic E-state index is 12.8. The summed E-state index contributed by atoms with van der Waals surface area (Å²) < 4.78 is 0. The van der Waals surface area contributed by atoms with Crippen LogP contribution in [0.3, 0.4) is 0 Å². The second kappa shape index (κ2) is 6.96. The Morgan fingerprint density at radius 1 is 1.26 bits per heavy atom. The fourth-order valence-corrected chi connectivity index (χ4v) is 2.95. The van der Waals surface area contributed by atoms with Gasteiger partial charge in [-0.1, -0.05) is 12.1 Å². The zero-order valence-corrected chi connectivity index (χ0v) is 13.1. The number of thioether (sulfide) groups is 1. The van der Waals surface area contributed by atoms with Crippen LogP contribution >= 0.6 is 11.8 Å². The number of aliphatic hydroxyl groups excluding tert-OH is 1. The SMILES string of the molecule is CSc1cccc(CO)c1C(=O)N(C(C)C)C(C)C. The smallest absolute Gasteiger partial charge is 0.255 e. The molecule has 106 valence electrons. The van der Waals surface area contributed by atoms with Crippen molar-refractivity contribution < 1.29 is 9.90 Å². The number of benzene rings is 1. The normalized spacial score (nSPS) is 11.2. The minimum Gasteiger partial charge on any atom is -0.392 e. The predicted molar refractivity (Wildman–Crippen MR) is 80.6 cm³/mol. The number of hydrogen-bond donors (Lipinski definition) is 1. The molecule has 0 bridgehead atoms. The van der Waals surface area contributed by atoms with Crippen LogP contribution in [0.2, 0.25) is 0 Å². The molecule has 0 aliphatic carbocycles. The van der Waals surface area contributed by atoms with Crippen LogP contribution < -0.4 is 0 Å². The molecule has 19 heavy (non-hydrogen) atoms. The van der Waals surface area contributed by atoms with E-state index < -0.39 is 0 Å². The average molecular weight is 281 g/mol. The van der Waals surface area contributed by atoms with E-state index in [-0.39, 0.29) is 24.6 Å². The van der Waals surface area contributed by atoms with Crippen molar-refractivity contribution in [2.24, 2.45) is 0 Å². The molecule has 0 aliphatic heterocycles. The van der Waals surface area contributed by atoms with Crippen molar-refractivity contribution in [2.45, 2.75) is 51.3 Å². The Morgan fingerprint density at radius 2 is 1.84 bits per heavy atom. The first kappa shape index (κ1) is 16.1. The van der Waals surface area contributed by atoms with E-state index in [0.29, 0.717) is 11.1 Å². The van der Waals surface area contributed by atoms with Crippen LogP contribution in [0, 0.1) is 0 Å². The summed E-state index contributed by atoms with van der Waals surface area (Å²) in [5, 5.41) is 9.47. The highest BCUT2D eigenvalue weighted by Crippen LogP contribution is 2.26. The van der Waals surface area contributed by atoms with Crippen LogP contribution in [0.25, 0.3) is 0 Å². The largest absolute Gasteiger partial charge is 0.392 e. The molecule has 1 N–H and O–H groups in total. The second-order valence-electron chi connectivity index (χ2n) is 5.05. The average Bonchev–Trinajstić information content (AvgIpc) is 2.36. The highest BCUT2D eigenvalue weighted by molar-refractivity contribution is 7.98. The Balaban J connectivity index is 3.31. The summed E-state index contributed by atoms with van der Waals surface area (Å²) in [7, 11) is 0. The third kappa shape index (κ3) is 3.51. The Hall–Kier alpha value is -1.00. The highest BCUT2D eigenvalue weighted by Gasteiger charge is 2.25. The van der Waals surface area contributed by atoms with Crippen molar-refractivity contribution in [3.63, 3.8) is 0 Å². The van der Waals surface area contributed by atoms with Gasteiger partial charge in [0.05, 0.1) is 12.2 Å². The van der Waals surface area contributed by atoms with Gasteiger partial charge in [0, 0.05) is 17.0 Å². The van der Waals surface area contributed by atoms with E-state index in [0.717, 1.165) is 4.90 Å². The Labute approximate surface area is 120 Å². The molecule has 0 heterocycles. The molecule has 4 heteroatoms. The van der Waals surface area contributed by atoms with Crippen LogP contribution in [0.1, 0.15) is 43.6 Å². The zero-order chi connectivity index (χ0) is 14.6. The lowest BCUT2D eigenvalue weighted by molar-refractivity contribution is 0.0636. The minimum atomic E-state index is -0.112. The van der Waals surface area contributed by atoms with Gasteiger partial charge in [0.2, 0.25) is 0 Å². The lowest BCUT2D eigenvalue weighted by atomic mass is 10.0. The third-order valence-electron chi connectivity index (χ3n) is 3.06. The first-order valence-electron chi connectivity index (χ1n) is 6.53. The summed E-state index contributed by atoms with van der Waals surface area (Å²) in [6, 6.07) is 5.88. The molecule has 3 nitrogen and oxygen atoms in total. The van der Waals surface area contributed by atoms with E-state index in [2.05, 4.69) is 0 Å². The first-order chi connectivity index (χ1) is 8.93. The van der Waals surface area contributed by atoms with E-state index in [1.165, 1.54) is 11.8 Å². The third-order valence-corrected chi connectivity index (χ3v) is 3.84. The van der Waals surface area contributed by atoms with Crippen molar-refractivity contribution in [3.8, 4) is 0 Å². The number of nitrogens with zero attached hydrogens (tertiary/aromatic N) is 1. The van der Waals surface area contributed by atoms with Gasteiger partial charge in [-0.15, -0.1) is 11.8 Å². The van der Waals surface area contributed by atoms with Crippen LogP contribution in [0.5, 0.6) is 0 Å². The van der Waals surface area contributed by atoms with Crippen molar-refractivity contribution in [1.82, 2.24) is 4.90 Å². The van der Waals surface area contributed by atoms with Crippen molar-refractivity contribution >= 4 is 17.7 Å². The standard InChI is InChI=1S/C15H23NO2S/c1-10(2)16(11(3)4)15(18)14-12(9-17)7-6-8-13(14)19-5/h6-8,10-11,17H,9H2,1-5H3. The summed E-state index contributed by atoms with van der Waals surface area (Å²) in [5.41, 5.74) is 1.34. The van der Waals surface area contributed by atoms with Gasteiger partial charge in [-0.05, 0) is 45.6 Å². The van der Waals surface area contributed by atoms with Gasteiger partial charge in [0.1, 0.15) is 0 Å². The van der Waals surface area contributed by atoms with Crippen LogP contribution in [0.4, 0.5) is 0 Å². The monoisotopic (exact) mass is 281 g/mol. The number of amides is 1. The van der Waals surface area contributed by atoms with Crippen LogP contribution in [0.15, 0.2) is 23.1 Å². The van der Waals surface area contributed by atoms with Crippen LogP contribution in [-0.2, 0) is 6.61 Å². The summed E-state index contributed by atoms with van der Waals surface area (Å²) in [4.78, 5) is 15.6. The van der Waals surface area contributed by atoms with Crippen molar-refractivity contribution in [2.75, 3.05) is 6.26 Å². The molecular formula is C15H23NO2S. The molecule has 1 amide bonds. The summed E-state index contributed by atoms with van der Waals surface area (Å²) in [5.74, 6) is -0.000926. The highest BCUT2D eigenvalue weighted by atomic mass is 32.2. The molecule has 0 fully saturated rings. The molecule has 0 radical (unpaired) electrons. The Kier molecular flexibility index (Phi) is 5.88. The van der Waals surface area contributed by atoms with Gasteiger partial charge in [-0.3, -0.25) is 4.79 Å². The molecule has 0 atom stereocenters.